The lowest BCUT2D eigenvalue weighted by Crippen LogP contribution is -2.42. The van der Waals surface area contributed by atoms with Gasteiger partial charge in [-0.3, -0.25) is 9.89 Å². The van der Waals surface area contributed by atoms with E-state index in [2.05, 4.69) is 40.0 Å². The fourth-order valence-corrected chi connectivity index (χ4v) is 3.53. The zero-order valence-corrected chi connectivity index (χ0v) is 16.8. The molecule has 1 saturated carbocycles. The number of guanidine groups is 1. The topological polar surface area (TPSA) is 48.9 Å². The molecule has 7 heteroatoms. The van der Waals surface area contributed by atoms with Crippen LogP contribution in [0, 0.1) is 0 Å². The Morgan fingerprint density at radius 3 is 2.83 bits per heavy atom. The number of thiophene rings is 1. The lowest BCUT2D eigenvalue weighted by atomic mass is 10.2. The molecule has 2 heterocycles. The van der Waals surface area contributed by atoms with Crippen LogP contribution in [-0.2, 0) is 4.74 Å². The molecule has 1 saturated heterocycles. The minimum absolute atomic E-state index is 0. The van der Waals surface area contributed by atoms with Crippen molar-refractivity contribution in [3.8, 4) is 0 Å². The Balaban J connectivity index is 0.00000192. The minimum atomic E-state index is 0. The maximum absolute atomic E-state index is 5.49. The SMILES string of the molecule is CCNC(=NCC(c1cccs1)N1CCOCC1)NC1CC1.I. The molecule has 1 aromatic rings. The Hall–Kier alpha value is -0.380. The molecule has 23 heavy (non-hydrogen) atoms. The van der Waals surface area contributed by atoms with E-state index in [0.717, 1.165) is 45.4 Å². The molecule has 1 atom stereocenters. The third-order valence-electron chi connectivity index (χ3n) is 4.04. The number of hydrogen-bond donors (Lipinski definition) is 2. The Morgan fingerprint density at radius 2 is 2.22 bits per heavy atom. The molecule has 1 aliphatic heterocycles. The summed E-state index contributed by atoms with van der Waals surface area (Å²) in [4.78, 5) is 8.74. The molecule has 1 unspecified atom stereocenters. The van der Waals surface area contributed by atoms with Gasteiger partial charge in [0.1, 0.15) is 0 Å². The third kappa shape index (κ3) is 5.88. The molecule has 2 N–H and O–H groups in total. The van der Waals surface area contributed by atoms with E-state index in [-0.39, 0.29) is 24.0 Å². The monoisotopic (exact) mass is 450 g/mol. The number of nitrogens with zero attached hydrogens (tertiary/aromatic N) is 2. The second-order valence-electron chi connectivity index (χ2n) is 5.82. The van der Waals surface area contributed by atoms with Crippen LogP contribution >= 0.6 is 35.3 Å². The predicted molar refractivity (Wildman–Crippen MR) is 107 cm³/mol. The first kappa shape index (κ1) is 19.0. The molecule has 0 radical (unpaired) electrons. The standard InChI is InChI=1S/C16H26N4OS.HI/c1-2-17-16(19-13-5-6-13)18-12-14(15-4-3-11-22-15)20-7-9-21-10-8-20;/h3-4,11,13-14H,2,5-10,12H2,1H3,(H2,17,18,19);1H. The van der Waals surface area contributed by atoms with Gasteiger partial charge in [0, 0.05) is 30.6 Å². The van der Waals surface area contributed by atoms with Crippen LogP contribution in [0.25, 0.3) is 0 Å². The summed E-state index contributed by atoms with van der Waals surface area (Å²) in [6.07, 6.45) is 2.53. The smallest absolute Gasteiger partial charge is 0.191 e. The van der Waals surface area contributed by atoms with Crippen LogP contribution in [0.3, 0.4) is 0 Å². The molecular weight excluding hydrogens is 423 g/mol. The van der Waals surface area contributed by atoms with Crippen molar-refractivity contribution in [3.63, 3.8) is 0 Å². The number of nitrogens with one attached hydrogen (secondary N) is 2. The first-order valence-corrected chi connectivity index (χ1v) is 9.15. The minimum Gasteiger partial charge on any atom is -0.379 e. The van der Waals surface area contributed by atoms with E-state index in [1.54, 1.807) is 0 Å². The number of rotatable bonds is 6. The van der Waals surface area contributed by atoms with Crippen LogP contribution in [0.4, 0.5) is 0 Å². The molecule has 3 rings (SSSR count). The van der Waals surface area contributed by atoms with Gasteiger partial charge in [0.2, 0.25) is 0 Å². The first-order valence-electron chi connectivity index (χ1n) is 8.27. The Bertz CT molecular complexity index is 472. The van der Waals surface area contributed by atoms with E-state index in [1.807, 2.05) is 11.3 Å². The van der Waals surface area contributed by atoms with E-state index in [9.17, 15) is 0 Å². The fourth-order valence-electron chi connectivity index (χ4n) is 2.67. The summed E-state index contributed by atoms with van der Waals surface area (Å²) in [6.45, 7) is 7.44. The normalized spacial score (nSPS) is 20.7. The number of halogens is 1. The van der Waals surface area contributed by atoms with Crippen molar-refractivity contribution in [2.45, 2.75) is 31.8 Å². The van der Waals surface area contributed by atoms with Crippen molar-refractivity contribution in [2.75, 3.05) is 39.4 Å². The molecule has 1 aliphatic carbocycles. The van der Waals surface area contributed by atoms with E-state index >= 15 is 0 Å². The van der Waals surface area contributed by atoms with Gasteiger partial charge in [-0.05, 0) is 31.2 Å². The first-order chi connectivity index (χ1) is 10.9. The highest BCUT2D eigenvalue weighted by atomic mass is 127. The molecule has 130 valence electrons. The van der Waals surface area contributed by atoms with Crippen molar-refractivity contribution in [3.05, 3.63) is 22.4 Å². The molecule has 1 aromatic heterocycles. The van der Waals surface area contributed by atoms with Gasteiger partial charge in [-0.25, -0.2) is 0 Å². The summed E-state index contributed by atoms with van der Waals surface area (Å²) in [7, 11) is 0. The summed E-state index contributed by atoms with van der Waals surface area (Å²) in [5, 5.41) is 9.00. The quantitative estimate of drug-likeness (QED) is 0.397. The van der Waals surface area contributed by atoms with Crippen LogP contribution in [0.1, 0.15) is 30.7 Å². The maximum atomic E-state index is 5.49. The van der Waals surface area contributed by atoms with E-state index in [1.165, 1.54) is 17.7 Å². The number of aliphatic imine (C=N–C) groups is 1. The highest BCUT2D eigenvalue weighted by molar-refractivity contribution is 14.0. The number of morpholine rings is 1. The lowest BCUT2D eigenvalue weighted by Gasteiger charge is -2.33. The molecule has 2 fully saturated rings. The van der Waals surface area contributed by atoms with Crippen LogP contribution in [0.2, 0.25) is 0 Å². The number of hydrogen-bond acceptors (Lipinski definition) is 4. The highest BCUT2D eigenvalue weighted by Crippen LogP contribution is 2.26. The summed E-state index contributed by atoms with van der Waals surface area (Å²) in [5.74, 6) is 0.958. The molecule has 2 aliphatic rings. The average Bonchev–Trinajstić information content (AvgIpc) is 3.20. The van der Waals surface area contributed by atoms with E-state index in [0.29, 0.717) is 12.1 Å². The Morgan fingerprint density at radius 1 is 1.43 bits per heavy atom. The van der Waals surface area contributed by atoms with Gasteiger partial charge in [0.15, 0.2) is 5.96 Å². The van der Waals surface area contributed by atoms with Crippen molar-refractivity contribution < 1.29 is 4.74 Å². The average molecular weight is 450 g/mol. The maximum Gasteiger partial charge on any atom is 0.191 e. The van der Waals surface area contributed by atoms with Crippen molar-refractivity contribution >= 4 is 41.3 Å². The largest absolute Gasteiger partial charge is 0.379 e. The summed E-state index contributed by atoms with van der Waals surface area (Å²) >= 11 is 1.82. The zero-order chi connectivity index (χ0) is 15.2. The molecule has 0 bridgehead atoms. The fraction of sp³-hybridized carbons (Fsp3) is 0.688. The van der Waals surface area contributed by atoms with Gasteiger partial charge in [0.05, 0.1) is 25.8 Å². The second kappa shape index (κ2) is 9.80. The van der Waals surface area contributed by atoms with Gasteiger partial charge < -0.3 is 15.4 Å². The zero-order valence-electron chi connectivity index (χ0n) is 13.7. The molecule has 5 nitrogen and oxygen atoms in total. The molecular formula is C16H27IN4OS. The summed E-state index contributed by atoms with van der Waals surface area (Å²) in [6, 6.07) is 5.34. The van der Waals surface area contributed by atoms with Gasteiger partial charge in [-0.15, -0.1) is 35.3 Å². The van der Waals surface area contributed by atoms with Gasteiger partial charge in [-0.2, -0.15) is 0 Å². The van der Waals surface area contributed by atoms with Crippen LogP contribution in [0.15, 0.2) is 22.5 Å². The van der Waals surface area contributed by atoms with Gasteiger partial charge in [0.25, 0.3) is 0 Å². The second-order valence-corrected chi connectivity index (χ2v) is 6.80. The third-order valence-corrected chi connectivity index (χ3v) is 5.02. The van der Waals surface area contributed by atoms with Crippen molar-refractivity contribution in [2.24, 2.45) is 4.99 Å². The highest BCUT2D eigenvalue weighted by Gasteiger charge is 2.25. The molecule has 0 amide bonds. The van der Waals surface area contributed by atoms with E-state index < -0.39 is 0 Å². The van der Waals surface area contributed by atoms with Crippen molar-refractivity contribution in [1.82, 2.24) is 15.5 Å². The summed E-state index contributed by atoms with van der Waals surface area (Å²) in [5.41, 5.74) is 0. The van der Waals surface area contributed by atoms with Crippen LogP contribution in [-0.4, -0.2) is 56.3 Å². The predicted octanol–water partition coefficient (Wildman–Crippen LogP) is 2.46. The van der Waals surface area contributed by atoms with Crippen molar-refractivity contribution in [1.29, 1.82) is 0 Å². The van der Waals surface area contributed by atoms with E-state index in [4.69, 9.17) is 9.73 Å². The Labute approximate surface area is 159 Å². The Kier molecular flexibility index (Phi) is 8.08. The van der Waals surface area contributed by atoms with Crippen LogP contribution in [0.5, 0.6) is 0 Å². The molecule has 0 aromatic carbocycles. The summed E-state index contributed by atoms with van der Waals surface area (Å²) < 4.78 is 5.49. The lowest BCUT2D eigenvalue weighted by molar-refractivity contribution is 0.0186. The van der Waals surface area contributed by atoms with Gasteiger partial charge in [-0.1, -0.05) is 6.07 Å². The number of ether oxygens (including phenoxy) is 1. The van der Waals surface area contributed by atoms with Gasteiger partial charge >= 0.3 is 0 Å². The molecule has 0 spiro atoms. The van der Waals surface area contributed by atoms with Crippen LogP contribution < -0.4 is 10.6 Å².